The highest BCUT2D eigenvalue weighted by Crippen LogP contribution is 2.36. The number of carboxylic acid groups (broad SMARTS) is 1. The zero-order valence-corrected chi connectivity index (χ0v) is 15.6. The third-order valence-corrected chi connectivity index (χ3v) is 6.15. The predicted octanol–water partition coefficient (Wildman–Crippen LogP) is 5.40. The Morgan fingerprint density at radius 1 is 1.14 bits per heavy atom. The van der Waals surface area contributed by atoms with Gasteiger partial charge < -0.3 is 10.0 Å². The van der Waals surface area contributed by atoms with Gasteiger partial charge in [0.2, 0.25) is 0 Å². The first-order chi connectivity index (χ1) is 13.3. The molecular formula is C20H17F3N2O2S. The van der Waals surface area contributed by atoms with E-state index in [0.29, 0.717) is 13.1 Å². The van der Waals surface area contributed by atoms with Crippen LogP contribution >= 0.6 is 11.3 Å². The first-order valence-corrected chi connectivity index (χ1v) is 9.69. The standard InChI is InChI=1S/C20H17F3N2O2S/c21-20(22,23)15-3-1-2-13(10-15)12-6-8-25(9-7-12)19-24-16-5-4-14(18(26)27)11-17(16)28-19/h1-5,10-12H,6-9H2,(H,26,27). The predicted molar refractivity (Wildman–Crippen MR) is 102 cm³/mol. The Bertz CT molecular complexity index is 1020. The van der Waals surface area contributed by atoms with Gasteiger partial charge in [0.25, 0.3) is 0 Å². The van der Waals surface area contributed by atoms with Gasteiger partial charge in [-0.25, -0.2) is 9.78 Å². The van der Waals surface area contributed by atoms with Gasteiger partial charge in [-0.15, -0.1) is 0 Å². The van der Waals surface area contributed by atoms with Crippen LogP contribution in [0.2, 0.25) is 0 Å². The average Bonchev–Trinajstić information content (AvgIpc) is 3.11. The molecule has 0 aliphatic carbocycles. The Morgan fingerprint density at radius 2 is 1.89 bits per heavy atom. The number of carboxylic acids is 1. The number of rotatable bonds is 3. The summed E-state index contributed by atoms with van der Waals surface area (Å²) < 4.78 is 39.7. The lowest BCUT2D eigenvalue weighted by atomic mass is 9.88. The Balaban J connectivity index is 1.48. The highest BCUT2D eigenvalue weighted by atomic mass is 32.1. The van der Waals surface area contributed by atoms with Gasteiger partial charge in [-0.05, 0) is 48.6 Å². The molecule has 8 heteroatoms. The number of piperidine rings is 1. The van der Waals surface area contributed by atoms with E-state index in [0.717, 1.165) is 39.8 Å². The first-order valence-electron chi connectivity index (χ1n) is 8.87. The summed E-state index contributed by atoms with van der Waals surface area (Å²) in [5.41, 5.74) is 1.11. The van der Waals surface area contributed by atoms with E-state index in [9.17, 15) is 18.0 Å². The molecule has 28 heavy (non-hydrogen) atoms. The minimum absolute atomic E-state index is 0.0894. The Hall–Kier alpha value is -2.61. The molecule has 4 nitrogen and oxygen atoms in total. The molecular weight excluding hydrogens is 389 g/mol. The topological polar surface area (TPSA) is 53.4 Å². The highest BCUT2D eigenvalue weighted by Gasteiger charge is 2.31. The number of hydrogen-bond donors (Lipinski definition) is 1. The largest absolute Gasteiger partial charge is 0.478 e. The molecule has 2 aromatic carbocycles. The lowest BCUT2D eigenvalue weighted by Gasteiger charge is -2.32. The van der Waals surface area contributed by atoms with Gasteiger partial charge in [0.05, 0.1) is 21.3 Å². The summed E-state index contributed by atoms with van der Waals surface area (Å²) in [5, 5.41) is 9.93. The van der Waals surface area contributed by atoms with E-state index < -0.39 is 17.7 Å². The summed E-state index contributed by atoms with van der Waals surface area (Å²) in [6.45, 7) is 1.40. The van der Waals surface area contributed by atoms with Crippen LogP contribution in [0.4, 0.5) is 18.3 Å². The number of nitrogens with zero attached hydrogens (tertiary/aromatic N) is 2. The van der Waals surface area contributed by atoms with E-state index in [2.05, 4.69) is 9.88 Å². The molecule has 1 fully saturated rings. The fraction of sp³-hybridized carbons (Fsp3) is 0.300. The fourth-order valence-electron chi connectivity index (χ4n) is 3.55. The SMILES string of the molecule is O=C(O)c1ccc2nc(N3CCC(c4cccc(C(F)(F)F)c4)CC3)sc2c1. The number of aromatic nitrogens is 1. The van der Waals surface area contributed by atoms with E-state index in [1.165, 1.54) is 29.5 Å². The zero-order valence-electron chi connectivity index (χ0n) is 14.7. The molecule has 0 bridgehead atoms. The van der Waals surface area contributed by atoms with Crippen molar-refractivity contribution in [1.29, 1.82) is 0 Å². The first kappa shape index (κ1) is 18.7. The molecule has 2 heterocycles. The molecule has 0 amide bonds. The molecule has 1 aliphatic heterocycles. The third-order valence-electron chi connectivity index (χ3n) is 5.07. The second-order valence-corrected chi connectivity index (χ2v) is 7.88. The van der Waals surface area contributed by atoms with Crippen molar-refractivity contribution < 1.29 is 23.1 Å². The zero-order chi connectivity index (χ0) is 19.9. The second-order valence-electron chi connectivity index (χ2n) is 6.87. The van der Waals surface area contributed by atoms with Crippen molar-refractivity contribution in [2.45, 2.75) is 24.9 Å². The van der Waals surface area contributed by atoms with Gasteiger partial charge >= 0.3 is 12.1 Å². The lowest BCUT2D eigenvalue weighted by molar-refractivity contribution is -0.137. The van der Waals surface area contributed by atoms with Crippen LogP contribution in [0.3, 0.4) is 0 Å². The lowest BCUT2D eigenvalue weighted by Crippen LogP contribution is -2.32. The number of thiazole rings is 1. The molecule has 0 spiro atoms. The third kappa shape index (κ3) is 3.69. The van der Waals surface area contributed by atoms with E-state index >= 15 is 0 Å². The number of fused-ring (bicyclic) bond motifs is 1. The fourth-order valence-corrected chi connectivity index (χ4v) is 4.61. The van der Waals surface area contributed by atoms with Crippen LogP contribution in [-0.4, -0.2) is 29.1 Å². The van der Waals surface area contributed by atoms with Gasteiger partial charge in [-0.1, -0.05) is 29.5 Å². The number of anilines is 1. The number of hydrogen-bond acceptors (Lipinski definition) is 4. The maximum atomic E-state index is 12.9. The maximum Gasteiger partial charge on any atom is 0.416 e. The van der Waals surface area contributed by atoms with Crippen LogP contribution in [-0.2, 0) is 6.18 Å². The number of carbonyl (C=O) groups is 1. The molecule has 1 aliphatic rings. The van der Waals surface area contributed by atoms with Crippen LogP contribution in [0.15, 0.2) is 42.5 Å². The van der Waals surface area contributed by atoms with Crippen LogP contribution in [0.1, 0.15) is 40.2 Å². The summed E-state index contributed by atoms with van der Waals surface area (Å²) in [4.78, 5) is 17.8. The van der Waals surface area contributed by atoms with Crippen molar-refractivity contribution in [3.8, 4) is 0 Å². The molecule has 4 rings (SSSR count). The summed E-state index contributed by atoms with van der Waals surface area (Å²) >= 11 is 1.44. The van der Waals surface area contributed by atoms with Crippen molar-refractivity contribution in [1.82, 2.24) is 4.98 Å². The normalized spacial score (nSPS) is 15.9. The second kappa shape index (κ2) is 7.09. The molecule has 0 atom stereocenters. The number of halogens is 3. The summed E-state index contributed by atoms with van der Waals surface area (Å²) in [6.07, 6.45) is -2.83. The molecule has 1 N–H and O–H groups in total. The van der Waals surface area contributed by atoms with Gasteiger partial charge in [-0.2, -0.15) is 13.2 Å². The van der Waals surface area contributed by atoms with Gasteiger partial charge in [-0.3, -0.25) is 0 Å². The van der Waals surface area contributed by atoms with E-state index in [1.807, 2.05) is 0 Å². The molecule has 3 aromatic rings. The van der Waals surface area contributed by atoms with E-state index in [-0.39, 0.29) is 11.5 Å². The quantitative estimate of drug-likeness (QED) is 0.633. The van der Waals surface area contributed by atoms with E-state index in [1.54, 1.807) is 18.2 Å². The monoisotopic (exact) mass is 406 g/mol. The Morgan fingerprint density at radius 3 is 2.57 bits per heavy atom. The Kier molecular flexibility index (Phi) is 4.74. The van der Waals surface area contributed by atoms with Crippen molar-refractivity contribution in [2.24, 2.45) is 0 Å². The van der Waals surface area contributed by atoms with Crippen LogP contribution in [0, 0.1) is 0 Å². The smallest absolute Gasteiger partial charge is 0.416 e. The Labute approximate surface area is 163 Å². The van der Waals surface area contributed by atoms with Crippen molar-refractivity contribution in [3.05, 3.63) is 59.2 Å². The molecule has 1 aromatic heterocycles. The van der Waals surface area contributed by atoms with Crippen LogP contribution < -0.4 is 4.90 Å². The van der Waals surface area contributed by atoms with Crippen LogP contribution in [0.5, 0.6) is 0 Å². The average molecular weight is 406 g/mol. The summed E-state index contributed by atoms with van der Waals surface area (Å²) in [7, 11) is 0. The van der Waals surface area contributed by atoms with Gasteiger partial charge in [0.1, 0.15) is 0 Å². The minimum Gasteiger partial charge on any atom is -0.478 e. The minimum atomic E-state index is -4.33. The van der Waals surface area contributed by atoms with Crippen molar-refractivity contribution >= 4 is 32.7 Å². The molecule has 0 unspecified atom stereocenters. The van der Waals surface area contributed by atoms with Gasteiger partial charge in [0.15, 0.2) is 5.13 Å². The summed E-state index contributed by atoms with van der Waals surface area (Å²) in [5.74, 6) is -0.884. The van der Waals surface area contributed by atoms with Gasteiger partial charge in [0, 0.05) is 13.1 Å². The molecule has 0 saturated carbocycles. The number of alkyl halides is 3. The molecule has 0 radical (unpaired) electrons. The number of aromatic carboxylic acids is 1. The van der Waals surface area contributed by atoms with Crippen LogP contribution in [0.25, 0.3) is 10.2 Å². The van der Waals surface area contributed by atoms with Crippen molar-refractivity contribution in [2.75, 3.05) is 18.0 Å². The van der Waals surface area contributed by atoms with Crippen molar-refractivity contribution in [3.63, 3.8) is 0 Å². The number of benzene rings is 2. The maximum absolute atomic E-state index is 12.9. The molecule has 1 saturated heterocycles. The van der Waals surface area contributed by atoms with E-state index in [4.69, 9.17) is 5.11 Å². The summed E-state index contributed by atoms with van der Waals surface area (Å²) in [6, 6.07) is 10.5. The molecule has 146 valence electrons. The highest BCUT2D eigenvalue weighted by molar-refractivity contribution is 7.22.